The van der Waals surface area contributed by atoms with Crippen molar-refractivity contribution in [3.63, 3.8) is 0 Å². The summed E-state index contributed by atoms with van der Waals surface area (Å²) in [5.74, 6) is 2.10. The van der Waals surface area contributed by atoms with E-state index in [1.165, 1.54) is 11.6 Å². The molecule has 10 heteroatoms. The van der Waals surface area contributed by atoms with Gasteiger partial charge in [-0.15, -0.1) is 0 Å². The molecule has 0 aliphatic rings. The van der Waals surface area contributed by atoms with Gasteiger partial charge in [-0.05, 0) is 25.5 Å². The first-order valence-corrected chi connectivity index (χ1v) is 9.97. The van der Waals surface area contributed by atoms with Gasteiger partial charge in [0.05, 0.1) is 19.9 Å². The predicted octanol–water partition coefficient (Wildman–Crippen LogP) is 1.51. The molecule has 3 heterocycles. The maximum Gasteiger partial charge on any atom is 0.332 e. The zero-order valence-electron chi connectivity index (χ0n) is 18.3. The molecule has 3 aromatic heterocycles. The molecule has 0 unspecified atom stereocenters. The van der Waals surface area contributed by atoms with Crippen molar-refractivity contribution in [1.29, 1.82) is 0 Å². The number of anilines is 1. The summed E-state index contributed by atoms with van der Waals surface area (Å²) < 4.78 is 17.0. The van der Waals surface area contributed by atoms with Crippen LogP contribution in [0.25, 0.3) is 16.9 Å². The molecular formula is C21H26N6O4. The molecule has 0 radical (unpaired) electrons. The number of hydrogen-bond donors (Lipinski definition) is 1. The lowest BCUT2D eigenvalue weighted by Crippen LogP contribution is -2.37. The zero-order valence-corrected chi connectivity index (χ0v) is 18.3. The van der Waals surface area contributed by atoms with Crippen molar-refractivity contribution in [2.45, 2.75) is 19.9 Å². The van der Waals surface area contributed by atoms with E-state index in [9.17, 15) is 9.59 Å². The Bertz CT molecular complexity index is 1390. The molecular weight excluding hydrogens is 400 g/mol. The predicted molar refractivity (Wildman–Crippen MR) is 119 cm³/mol. The van der Waals surface area contributed by atoms with Gasteiger partial charge in [-0.3, -0.25) is 18.3 Å². The fraction of sp³-hybridized carbons (Fsp3) is 0.381. The summed E-state index contributed by atoms with van der Waals surface area (Å²) in [6.45, 7) is 3.39. The van der Waals surface area contributed by atoms with E-state index in [1.807, 2.05) is 31.3 Å². The van der Waals surface area contributed by atoms with E-state index in [2.05, 4.69) is 14.9 Å². The topological polar surface area (TPSA) is 96.7 Å². The minimum Gasteiger partial charge on any atom is -0.497 e. The van der Waals surface area contributed by atoms with Gasteiger partial charge in [0.1, 0.15) is 11.5 Å². The van der Waals surface area contributed by atoms with Crippen molar-refractivity contribution in [2.75, 3.05) is 26.1 Å². The number of aromatic nitrogens is 5. The van der Waals surface area contributed by atoms with Crippen LogP contribution in [-0.2, 0) is 20.6 Å². The molecule has 0 fully saturated rings. The lowest BCUT2D eigenvalue weighted by Gasteiger charge is -2.13. The van der Waals surface area contributed by atoms with Gasteiger partial charge in [0, 0.05) is 45.1 Å². The molecule has 10 nitrogen and oxygen atoms in total. The SMILES string of the molecule is COc1ccc(NCCCn2c(C)cn3c4c(=O)n(C)c(=O)n(C)c4nc23)c(OC)c1. The van der Waals surface area contributed by atoms with Crippen LogP contribution >= 0.6 is 0 Å². The van der Waals surface area contributed by atoms with E-state index < -0.39 is 0 Å². The van der Waals surface area contributed by atoms with Gasteiger partial charge in [0.25, 0.3) is 5.56 Å². The third kappa shape index (κ3) is 3.33. The van der Waals surface area contributed by atoms with Crippen LogP contribution in [0.4, 0.5) is 5.69 Å². The molecule has 31 heavy (non-hydrogen) atoms. The molecule has 0 saturated carbocycles. The van der Waals surface area contributed by atoms with Gasteiger partial charge in [0.2, 0.25) is 5.78 Å². The van der Waals surface area contributed by atoms with Gasteiger partial charge < -0.3 is 19.4 Å². The first kappa shape index (κ1) is 20.6. The van der Waals surface area contributed by atoms with Gasteiger partial charge >= 0.3 is 5.69 Å². The average Bonchev–Trinajstić information content (AvgIpc) is 3.28. The van der Waals surface area contributed by atoms with Crippen LogP contribution in [0.1, 0.15) is 12.1 Å². The smallest absolute Gasteiger partial charge is 0.332 e. The number of nitrogens with one attached hydrogen (secondary N) is 1. The molecule has 0 bridgehead atoms. The monoisotopic (exact) mass is 426 g/mol. The molecule has 0 saturated heterocycles. The molecule has 4 rings (SSSR count). The fourth-order valence-corrected chi connectivity index (χ4v) is 3.81. The minimum atomic E-state index is -0.390. The zero-order chi connectivity index (χ0) is 22.3. The van der Waals surface area contributed by atoms with Crippen molar-refractivity contribution in [1.82, 2.24) is 23.1 Å². The van der Waals surface area contributed by atoms with Crippen LogP contribution < -0.4 is 26.0 Å². The Morgan fingerprint density at radius 1 is 1.10 bits per heavy atom. The number of aryl methyl sites for hydroxylation is 3. The summed E-state index contributed by atoms with van der Waals surface area (Å²) in [6, 6.07) is 5.64. The second-order valence-corrected chi connectivity index (χ2v) is 7.43. The molecule has 0 atom stereocenters. The summed E-state index contributed by atoms with van der Waals surface area (Å²) in [6.07, 6.45) is 2.71. The molecule has 164 valence electrons. The molecule has 0 aliphatic carbocycles. The van der Waals surface area contributed by atoms with Crippen LogP contribution in [0.5, 0.6) is 11.5 Å². The maximum absolute atomic E-state index is 12.7. The number of fused-ring (bicyclic) bond motifs is 3. The Morgan fingerprint density at radius 3 is 2.58 bits per heavy atom. The number of methoxy groups -OCH3 is 2. The first-order chi connectivity index (χ1) is 14.9. The number of rotatable bonds is 7. The van der Waals surface area contributed by atoms with Crippen LogP contribution in [-0.4, -0.2) is 43.9 Å². The third-order valence-corrected chi connectivity index (χ3v) is 5.54. The minimum absolute atomic E-state index is 0.351. The first-order valence-electron chi connectivity index (χ1n) is 9.97. The summed E-state index contributed by atoms with van der Waals surface area (Å²) in [4.78, 5) is 29.5. The van der Waals surface area contributed by atoms with Crippen LogP contribution in [0.2, 0.25) is 0 Å². The Hall–Kier alpha value is -3.69. The summed E-state index contributed by atoms with van der Waals surface area (Å²) in [5, 5.41) is 3.39. The summed E-state index contributed by atoms with van der Waals surface area (Å²) in [5.41, 5.74) is 1.93. The van der Waals surface area contributed by atoms with E-state index in [0.717, 1.165) is 33.9 Å². The molecule has 0 spiro atoms. The highest BCUT2D eigenvalue weighted by Crippen LogP contribution is 2.29. The van der Waals surface area contributed by atoms with E-state index in [4.69, 9.17) is 9.47 Å². The average molecular weight is 426 g/mol. The standard InChI is InChI=1S/C21H26N6O4/c1-13-12-27-17-18(24(2)21(29)25(3)19(17)28)23-20(27)26(13)10-6-9-22-15-8-7-14(30-4)11-16(15)31-5/h7-8,11-12,22H,6,9-10H2,1-5H3. The fourth-order valence-electron chi connectivity index (χ4n) is 3.81. The van der Waals surface area contributed by atoms with Gasteiger partial charge in [-0.1, -0.05) is 0 Å². The Balaban J connectivity index is 1.58. The second-order valence-electron chi connectivity index (χ2n) is 7.43. The molecule has 1 aromatic carbocycles. The highest BCUT2D eigenvalue weighted by Gasteiger charge is 2.18. The molecule has 1 N–H and O–H groups in total. The third-order valence-electron chi connectivity index (χ3n) is 5.54. The van der Waals surface area contributed by atoms with Gasteiger partial charge in [-0.25, -0.2) is 4.79 Å². The summed E-state index contributed by atoms with van der Waals surface area (Å²) in [7, 11) is 6.35. The van der Waals surface area contributed by atoms with Crippen molar-refractivity contribution in [2.24, 2.45) is 14.1 Å². The Kier molecular flexibility index (Phi) is 5.22. The lowest BCUT2D eigenvalue weighted by molar-refractivity contribution is 0.395. The quantitative estimate of drug-likeness (QED) is 0.450. The van der Waals surface area contributed by atoms with E-state index in [1.54, 1.807) is 25.7 Å². The molecule has 0 aliphatic heterocycles. The maximum atomic E-state index is 12.7. The van der Waals surface area contributed by atoms with Crippen LogP contribution in [0.15, 0.2) is 34.0 Å². The van der Waals surface area contributed by atoms with Gasteiger partial charge in [0.15, 0.2) is 11.2 Å². The second kappa shape index (κ2) is 7.86. The summed E-state index contributed by atoms with van der Waals surface area (Å²) >= 11 is 0. The number of ether oxygens (including phenoxy) is 2. The van der Waals surface area contributed by atoms with Crippen molar-refractivity contribution >= 4 is 22.6 Å². The normalized spacial score (nSPS) is 11.4. The Morgan fingerprint density at radius 2 is 1.87 bits per heavy atom. The van der Waals surface area contributed by atoms with Gasteiger partial charge in [-0.2, -0.15) is 4.98 Å². The van der Waals surface area contributed by atoms with Crippen molar-refractivity contribution in [3.05, 3.63) is 50.9 Å². The highest BCUT2D eigenvalue weighted by molar-refractivity contribution is 5.75. The largest absolute Gasteiger partial charge is 0.497 e. The highest BCUT2D eigenvalue weighted by atomic mass is 16.5. The molecule has 4 aromatic rings. The number of benzene rings is 1. The van der Waals surface area contributed by atoms with E-state index in [0.29, 0.717) is 30.0 Å². The van der Waals surface area contributed by atoms with Crippen LogP contribution in [0.3, 0.4) is 0 Å². The number of nitrogens with zero attached hydrogens (tertiary/aromatic N) is 5. The number of hydrogen-bond acceptors (Lipinski definition) is 6. The lowest BCUT2D eigenvalue weighted by atomic mass is 10.2. The Labute approximate surface area is 178 Å². The van der Waals surface area contributed by atoms with E-state index >= 15 is 0 Å². The number of imidazole rings is 2. The van der Waals surface area contributed by atoms with E-state index in [-0.39, 0.29) is 11.2 Å². The van der Waals surface area contributed by atoms with Crippen molar-refractivity contribution in [3.8, 4) is 11.5 Å². The van der Waals surface area contributed by atoms with Crippen molar-refractivity contribution < 1.29 is 9.47 Å². The van der Waals surface area contributed by atoms with Crippen LogP contribution in [0, 0.1) is 6.92 Å². The molecule has 0 amide bonds.